The maximum absolute atomic E-state index is 12.5. The summed E-state index contributed by atoms with van der Waals surface area (Å²) in [5.74, 6) is 0.531. The van der Waals surface area contributed by atoms with E-state index in [1.54, 1.807) is 24.3 Å². The van der Waals surface area contributed by atoms with Crippen LogP contribution in [0.5, 0.6) is 0 Å². The molecule has 142 valence electrons. The lowest BCUT2D eigenvalue weighted by Gasteiger charge is -2.08. The van der Waals surface area contributed by atoms with E-state index in [-0.39, 0.29) is 11.6 Å². The van der Waals surface area contributed by atoms with E-state index in [1.807, 2.05) is 0 Å². The zero-order valence-corrected chi connectivity index (χ0v) is 15.5. The molecule has 0 heterocycles. The molecule has 2 rings (SSSR count). The number of halogens is 4. The van der Waals surface area contributed by atoms with Crippen LogP contribution in [0.4, 0.5) is 13.2 Å². The lowest BCUT2D eigenvalue weighted by Crippen LogP contribution is -2.16. The van der Waals surface area contributed by atoms with Crippen molar-refractivity contribution in [3.63, 3.8) is 0 Å². The molecule has 0 bridgehead atoms. The van der Waals surface area contributed by atoms with Crippen LogP contribution < -0.4 is 5.32 Å². The molecule has 0 aliphatic heterocycles. The number of nitrogens with one attached hydrogen (secondary N) is 1. The standard InChI is InChI=1S/C19H15ClF3NO2S/c20-17-11-16(4-1-3-14(17)12-25)26-10-2-9-24-18(27)13-5-7-15(8-6-13)19(21,22)23/h2-9,11-12H,1,10H2,(H,24,27)/b9-2+. The van der Waals surface area contributed by atoms with Gasteiger partial charge in [0.1, 0.15) is 17.4 Å². The zero-order valence-electron chi connectivity index (χ0n) is 13.9. The predicted octanol–water partition coefficient (Wildman–Crippen LogP) is 5.04. The SMILES string of the molecule is O=CC1=CCC=C(OC/C=C/NC(=S)c2ccc(C(F)(F)F)cc2)C=C1Cl. The number of rotatable bonds is 6. The van der Waals surface area contributed by atoms with E-state index < -0.39 is 11.7 Å². The molecule has 0 radical (unpaired) electrons. The summed E-state index contributed by atoms with van der Waals surface area (Å²) >= 11 is 11.1. The summed E-state index contributed by atoms with van der Waals surface area (Å²) in [6, 6.07) is 4.57. The van der Waals surface area contributed by atoms with Crippen LogP contribution in [0.1, 0.15) is 17.5 Å². The van der Waals surface area contributed by atoms with Crippen molar-refractivity contribution in [3.8, 4) is 0 Å². The van der Waals surface area contributed by atoms with Crippen LogP contribution in [0.3, 0.4) is 0 Å². The Labute approximate surface area is 164 Å². The normalized spacial score (nSPS) is 14.7. The highest BCUT2D eigenvalue weighted by molar-refractivity contribution is 7.80. The molecule has 0 atom stereocenters. The third kappa shape index (κ3) is 6.37. The number of carbonyl (C=O) groups excluding carboxylic acids is 1. The zero-order chi connectivity index (χ0) is 19.9. The Kier molecular flexibility index (Phi) is 7.38. The van der Waals surface area contributed by atoms with Crippen molar-refractivity contribution in [1.82, 2.24) is 5.32 Å². The van der Waals surface area contributed by atoms with Crippen molar-refractivity contribution in [2.45, 2.75) is 12.6 Å². The van der Waals surface area contributed by atoms with Crippen molar-refractivity contribution < 1.29 is 22.7 Å². The highest BCUT2D eigenvalue weighted by atomic mass is 35.5. The van der Waals surface area contributed by atoms with Gasteiger partial charge in [-0.25, -0.2) is 0 Å². The molecule has 8 heteroatoms. The molecule has 1 aromatic rings. The van der Waals surface area contributed by atoms with Gasteiger partial charge in [0.2, 0.25) is 0 Å². The van der Waals surface area contributed by atoms with E-state index >= 15 is 0 Å². The minimum absolute atomic E-state index is 0.214. The second-order valence-electron chi connectivity index (χ2n) is 5.37. The van der Waals surface area contributed by atoms with E-state index in [1.165, 1.54) is 18.3 Å². The second-order valence-corrected chi connectivity index (χ2v) is 6.19. The molecule has 1 aliphatic carbocycles. The smallest absolute Gasteiger partial charge is 0.416 e. The van der Waals surface area contributed by atoms with Crippen LogP contribution in [0.15, 0.2) is 71.1 Å². The number of thiocarbonyl (C=S) groups is 1. The fourth-order valence-corrected chi connectivity index (χ4v) is 2.53. The third-order valence-electron chi connectivity index (χ3n) is 3.48. The lowest BCUT2D eigenvalue weighted by molar-refractivity contribution is -0.137. The fraction of sp³-hybridized carbons (Fsp3) is 0.158. The van der Waals surface area contributed by atoms with Gasteiger partial charge in [0.25, 0.3) is 0 Å². The van der Waals surface area contributed by atoms with Gasteiger partial charge in [0.05, 0.1) is 10.6 Å². The Morgan fingerprint density at radius 1 is 1.26 bits per heavy atom. The Balaban J connectivity index is 1.82. The molecular weight excluding hydrogens is 399 g/mol. The summed E-state index contributed by atoms with van der Waals surface area (Å²) < 4.78 is 43.1. The topological polar surface area (TPSA) is 38.3 Å². The molecule has 27 heavy (non-hydrogen) atoms. The Bertz CT molecular complexity index is 824. The maximum atomic E-state index is 12.5. The molecule has 0 amide bonds. The summed E-state index contributed by atoms with van der Waals surface area (Å²) in [6.07, 6.45) is 5.06. The van der Waals surface area contributed by atoms with Crippen LogP contribution in [-0.2, 0) is 15.7 Å². The van der Waals surface area contributed by atoms with E-state index in [0.717, 1.165) is 12.1 Å². The summed E-state index contributed by atoms with van der Waals surface area (Å²) in [7, 11) is 0. The molecule has 3 nitrogen and oxygen atoms in total. The van der Waals surface area contributed by atoms with Crippen LogP contribution in [0, 0.1) is 0 Å². The molecule has 0 unspecified atom stereocenters. The number of ether oxygens (including phenoxy) is 1. The minimum Gasteiger partial charge on any atom is -0.490 e. The van der Waals surface area contributed by atoms with Gasteiger partial charge in [-0.3, -0.25) is 4.79 Å². The van der Waals surface area contributed by atoms with Gasteiger partial charge in [-0.15, -0.1) is 0 Å². The first kappa shape index (κ1) is 20.9. The van der Waals surface area contributed by atoms with Gasteiger partial charge in [0.15, 0.2) is 6.29 Å². The first-order valence-corrected chi connectivity index (χ1v) is 8.59. The van der Waals surface area contributed by atoms with E-state index in [0.29, 0.717) is 34.6 Å². The molecular formula is C19H15ClF3NO2S. The number of allylic oxidation sites excluding steroid dienone is 5. The quantitative estimate of drug-likeness (QED) is 0.524. The van der Waals surface area contributed by atoms with E-state index in [9.17, 15) is 18.0 Å². The van der Waals surface area contributed by atoms with E-state index in [4.69, 9.17) is 28.6 Å². The van der Waals surface area contributed by atoms with Crippen LogP contribution in [0.2, 0.25) is 0 Å². The van der Waals surface area contributed by atoms with Gasteiger partial charge < -0.3 is 10.1 Å². The Morgan fingerprint density at radius 3 is 2.59 bits per heavy atom. The average molecular weight is 414 g/mol. The monoisotopic (exact) mass is 413 g/mol. The summed E-state index contributed by atoms with van der Waals surface area (Å²) in [4.78, 5) is 11.1. The van der Waals surface area contributed by atoms with Crippen LogP contribution in [0.25, 0.3) is 0 Å². The highest BCUT2D eigenvalue weighted by Crippen LogP contribution is 2.29. The van der Waals surface area contributed by atoms with Crippen molar-refractivity contribution >= 4 is 35.1 Å². The summed E-state index contributed by atoms with van der Waals surface area (Å²) in [5, 5.41) is 3.11. The van der Waals surface area contributed by atoms with Crippen molar-refractivity contribution in [3.05, 3.63) is 82.3 Å². The highest BCUT2D eigenvalue weighted by Gasteiger charge is 2.30. The Hall–Kier alpha value is -2.38. The fourth-order valence-electron chi connectivity index (χ4n) is 2.09. The largest absolute Gasteiger partial charge is 0.490 e. The summed E-state index contributed by atoms with van der Waals surface area (Å²) in [6.45, 7) is 0.214. The number of carbonyl (C=O) groups is 1. The third-order valence-corrected chi connectivity index (χ3v) is 4.16. The molecule has 1 N–H and O–H groups in total. The number of hydrogen-bond acceptors (Lipinski definition) is 3. The van der Waals surface area contributed by atoms with Crippen LogP contribution in [-0.4, -0.2) is 17.9 Å². The second kappa shape index (κ2) is 9.53. The molecule has 0 fully saturated rings. The molecule has 1 aliphatic rings. The van der Waals surface area contributed by atoms with Gasteiger partial charge in [-0.1, -0.05) is 42.0 Å². The van der Waals surface area contributed by atoms with Gasteiger partial charge in [-0.2, -0.15) is 13.2 Å². The first-order chi connectivity index (χ1) is 12.8. The van der Waals surface area contributed by atoms with Crippen molar-refractivity contribution in [2.75, 3.05) is 6.61 Å². The van der Waals surface area contributed by atoms with E-state index in [2.05, 4.69) is 5.32 Å². The molecule has 0 aromatic heterocycles. The van der Waals surface area contributed by atoms with Crippen molar-refractivity contribution in [1.29, 1.82) is 0 Å². The van der Waals surface area contributed by atoms with Gasteiger partial charge in [0, 0.05) is 17.3 Å². The molecule has 0 spiro atoms. The lowest BCUT2D eigenvalue weighted by atomic mass is 10.1. The molecule has 1 aromatic carbocycles. The number of alkyl halides is 3. The molecule has 0 saturated heterocycles. The Morgan fingerprint density at radius 2 is 1.96 bits per heavy atom. The minimum atomic E-state index is -4.38. The predicted molar refractivity (Wildman–Crippen MR) is 102 cm³/mol. The van der Waals surface area contributed by atoms with Crippen molar-refractivity contribution in [2.24, 2.45) is 0 Å². The van der Waals surface area contributed by atoms with Gasteiger partial charge >= 0.3 is 6.18 Å². The van der Waals surface area contributed by atoms with Gasteiger partial charge in [-0.05, 0) is 36.8 Å². The number of benzene rings is 1. The average Bonchev–Trinajstić information content (AvgIpc) is 2.81. The maximum Gasteiger partial charge on any atom is 0.416 e. The number of aldehydes is 1. The molecule has 0 saturated carbocycles. The summed E-state index contributed by atoms with van der Waals surface area (Å²) in [5.41, 5.74) is 0.149. The van der Waals surface area contributed by atoms with Crippen LogP contribution >= 0.6 is 23.8 Å². The first-order valence-electron chi connectivity index (χ1n) is 7.80. The number of hydrogen-bond donors (Lipinski definition) is 1.